The van der Waals surface area contributed by atoms with Crippen LogP contribution in [0, 0.1) is 11.3 Å². The van der Waals surface area contributed by atoms with E-state index < -0.39 is 15.6 Å². The normalized spacial score (nSPS) is 20.0. The first-order chi connectivity index (χ1) is 10.2. The van der Waals surface area contributed by atoms with E-state index in [0.29, 0.717) is 19.0 Å². The summed E-state index contributed by atoms with van der Waals surface area (Å²) in [4.78, 5) is 14.3. The number of amides is 1. The lowest BCUT2D eigenvalue weighted by molar-refractivity contribution is -0.131. The van der Waals surface area contributed by atoms with Crippen LogP contribution in [0.4, 0.5) is 0 Å². The molecule has 2 rings (SSSR count). The van der Waals surface area contributed by atoms with Crippen LogP contribution in [0.1, 0.15) is 33.6 Å². The molecule has 0 saturated carbocycles. The second-order valence-electron chi connectivity index (χ2n) is 7.12. The molecule has 1 heterocycles. The highest BCUT2D eigenvalue weighted by Gasteiger charge is 2.32. The van der Waals surface area contributed by atoms with Crippen molar-refractivity contribution in [1.29, 1.82) is 0 Å². The number of sulfone groups is 1. The van der Waals surface area contributed by atoms with Crippen molar-refractivity contribution >= 4 is 15.7 Å². The molecule has 5 heteroatoms. The molecule has 0 bridgehead atoms. The quantitative estimate of drug-likeness (QED) is 0.859. The third kappa shape index (κ3) is 4.09. The number of nitrogens with zero attached hydrogens (tertiary/aromatic N) is 1. The Morgan fingerprint density at radius 3 is 2.45 bits per heavy atom. The van der Waals surface area contributed by atoms with Crippen LogP contribution in [-0.2, 0) is 14.6 Å². The van der Waals surface area contributed by atoms with Crippen molar-refractivity contribution in [3.8, 4) is 0 Å². The second-order valence-corrected chi connectivity index (χ2v) is 9.11. The average Bonchev–Trinajstić information content (AvgIpc) is 2.47. The highest BCUT2D eigenvalue weighted by Crippen LogP contribution is 2.33. The van der Waals surface area contributed by atoms with Crippen LogP contribution in [0.25, 0.3) is 0 Å². The molecule has 1 fully saturated rings. The van der Waals surface area contributed by atoms with Crippen LogP contribution in [0.5, 0.6) is 0 Å². The Labute approximate surface area is 133 Å². The van der Waals surface area contributed by atoms with Crippen molar-refractivity contribution in [1.82, 2.24) is 4.90 Å². The van der Waals surface area contributed by atoms with Crippen LogP contribution < -0.4 is 0 Å². The number of carbonyl (C=O) groups is 1. The summed E-state index contributed by atoms with van der Waals surface area (Å²) >= 11 is 0. The highest BCUT2D eigenvalue weighted by atomic mass is 32.2. The van der Waals surface area contributed by atoms with Gasteiger partial charge < -0.3 is 4.90 Å². The van der Waals surface area contributed by atoms with E-state index in [1.807, 2.05) is 0 Å². The SMILES string of the molecule is CC(C)(C)[C@@H]1CCCN(C(=O)CS(=O)(=O)c2ccccc2)C1. The monoisotopic (exact) mass is 323 g/mol. The van der Waals surface area contributed by atoms with Crippen molar-refractivity contribution in [2.45, 2.75) is 38.5 Å². The summed E-state index contributed by atoms with van der Waals surface area (Å²) in [6.07, 6.45) is 2.04. The summed E-state index contributed by atoms with van der Waals surface area (Å²) in [5.41, 5.74) is 0.136. The average molecular weight is 323 g/mol. The molecule has 1 aromatic carbocycles. The number of likely N-dealkylation sites (tertiary alicyclic amines) is 1. The van der Waals surface area contributed by atoms with Crippen LogP contribution in [-0.4, -0.2) is 38.1 Å². The predicted octanol–water partition coefficient (Wildman–Crippen LogP) is 2.75. The van der Waals surface area contributed by atoms with Crippen molar-refractivity contribution in [3.05, 3.63) is 30.3 Å². The zero-order valence-corrected chi connectivity index (χ0v) is 14.4. The third-order valence-corrected chi connectivity index (χ3v) is 6.03. The van der Waals surface area contributed by atoms with Gasteiger partial charge >= 0.3 is 0 Å². The molecule has 0 aliphatic carbocycles. The maximum absolute atomic E-state index is 12.4. The minimum absolute atomic E-state index is 0.136. The van der Waals surface area contributed by atoms with E-state index in [9.17, 15) is 13.2 Å². The molecule has 1 atom stereocenters. The number of rotatable bonds is 3. The number of hydrogen-bond acceptors (Lipinski definition) is 3. The van der Waals surface area contributed by atoms with Crippen LogP contribution in [0.2, 0.25) is 0 Å². The van der Waals surface area contributed by atoms with Crippen LogP contribution in [0.3, 0.4) is 0 Å². The Bertz CT molecular complexity index is 617. The van der Waals surface area contributed by atoms with Gasteiger partial charge in [0.2, 0.25) is 5.91 Å². The highest BCUT2D eigenvalue weighted by molar-refractivity contribution is 7.92. The van der Waals surface area contributed by atoms with Gasteiger partial charge in [-0.25, -0.2) is 8.42 Å². The van der Waals surface area contributed by atoms with Gasteiger partial charge in [0.05, 0.1) is 4.90 Å². The molecule has 1 amide bonds. The molecule has 22 heavy (non-hydrogen) atoms. The van der Waals surface area contributed by atoms with Gasteiger partial charge in [-0.3, -0.25) is 4.79 Å². The summed E-state index contributed by atoms with van der Waals surface area (Å²) in [6, 6.07) is 8.19. The summed E-state index contributed by atoms with van der Waals surface area (Å²) < 4.78 is 24.6. The minimum Gasteiger partial charge on any atom is -0.342 e. The van der Waals surface area contributed by atoms with E-state index in [1.165, 1.54) is 12.1 Å². The van der Waals surface area contributed by atoms with E-state index in [1.54, 1.807) is 23.1 Å². The largest absolute Gasteiger partial charge is 0.342 e. The molecule has 0 aromatic heterocycles. The molecule has 1 saturated heterocycles. The van der Waals surface area contributed by atoms with E-state index in [2.05, 4.69) is 20.8 Å². The zero-order chi connectivity index (χ0) is 16.4. The minimum atomic E-state index is -3.55. The van der Waals surface area contributed by atoms with Gasteiger partial charge in [-0.2, -0.15) is 0 Å². The summed E-state index contributed by atoms with van der Waals surface area (Å²) in [6.45, 7) is 7.84. The van der Waals surface area contributed by atoms with Gasteiger partial charge in [-0.1, -0.05) is 39.0 Å². The Hall–Kier alpha value is -1.36. The molecule has 0 spiro atoms. The lowest BCUT2D eigenvalue weighted by Gasteiger charge is -2.39. The lowest BCUT2D eigenvalue weighted by Crippen LogP contribution is -2.45. The Morgan fingerprint density at radius 1 is 1.23 bits per heavy atom. The van der Waals surface area contributed by atoms with Crippen molar-refractivity contribution in [3.63, 3.8) is 0 Å². The van der Waals surface area contributed by atoms with Gasteiger partial charge in [0.15, 0.2) is 9.84 Å². The molecule has 0 radical (unpaired) electrons. The van der Waals surface area contributed by atoms with Gasteiger partial charge in [0, 0.05) is 13.1 Å². The fourth-order valence-electron chi connectivity index (χ4n) is 2.88. The number of carbonyl (C=O) groups excluding carboxylic acids is 1. The zero-order valence-electron chi connectivity index (χ0n) is 13.6. The third-order valence-electron chi connectivity index (χ3n) is 4.41. The second kappa shape index (κ2) is 6.41. The first-order valence-electron chi connectivity index (χ1n) is 7.76. The van der Waals surface area contributed by atoms with Gasteiger partial charge in [-0.05, 0) is 36.3 Å². The first-order valence-corrected chi connectivity index (χ1v) is 9.41. The van der Waals surface area contributed by atoms with E-state index >= 15 is 0 Å². The molecule has 0 N–H and O–H groups in total. The maximum atomic E-state index is 12.4. The Balaban J connectivity index is 2.06. The van der Waals surface area contributed by atoms with E-state index in [-0.39, 0.29) is 16.2 Å². The van der Waals surface area contributed by atoms with Crippen molar-refractivity contribution < 1.29 is 13.2 Å². The lowest BCUT2D eigenvalue weighted by atomic mass is 9.76. The smallest absolute Gasteiger partial charge is 0.238 e. The van der Waals surface area contributed by atoms with Crippen molar-refractivity contribution in [2.24, 2.45) is 11.3 Å². The van der Waals surface area contributed by atoms with Gasteiger partial charge in [-0.15, -0.1) is 0 Å². The van der Waals surface area contributed by atoms with Crippen LogP contribution in [0.15, 0.2) is 35.2 Å². The van der Waals surface area contributed by atoms with E-state index in [0.717, 1.165) is 12.8 Å². The molecule has 4 nitrogen and oxygen atoms in total. The number of piperidine rings is 1. The van der Waals surface area contributed by atoms with Gasteiger partial charge in [0.25, 0.3) is 0 Å². The predicted molar refractivity (Wildman–Crippen MR) is 87.3 cm³/mol. The van der Waals surface area contributed by atoms with Crippen molar-refractivity contribution in [2.75, 3.05) is 18.8 Å². The molecule has 122 valence electrons. The topological polar surface area (TPSA) is 54.5 Å². The summed E-state index contributed by atoms with van der Waals surface area (Å²) in [5.74, 6) is -0.295. The summed E-state index contributed by atoms with van der Waals surface area (Å²) in [7, 11) is -3.55. The molecular formula is C17H25NO3S. The Morgan fingerprint density at radius 2 is 1.86 bits per heavy atom. The standard InChI is InChI=1S/C17H25NO3S/c1-17(2,3)14-8-7-11-18(12-14)16(19)13-22(20,21)15-9-5-4-6-10-15/h4-6,9-10,14H,7-8,11-13H2,1-3H3/t14-/m1/s1. The van der Waals surface area contributed by atoms with Crippen LogP contribution >= 0.6 is 0 Å². The maximum Gasteiger partial charge on any atom is 0.238 e. The summed E-state index contributed by atoms with van der Waals surface area (Å²) in [5, 5.41) is 0. The van der Waals surface area contributed by atoms with Gasteiger partial charge in [0.1, 0.15) is 5.75 Å². The number of hydrogen-bond donors (Lipinski definition) is 0. The first kappa shape index (κ1) is 17.0. The number of benzene rings is 1. The molecule has 1 aromatic rings. The molecular weight excluding hydrogens is 298 g/mol. The molecule has 0 unspecified atom stereocenters. The Kier molecular flexibility index (Phi) is 4.95. The molecule has 1 aliphatic heterocycles. The molecule has 1 aliphatic rings. The van der Waals surface area contributed by atoms with E-state index in [4.69, 9.17) is 0 Å². The fraction of sp³-hybridized carbons (Fsp3) is 0.588. The fourth-order valence-corrected chi connectivity index (χ4v) is 4.12.